The van der Waals surface area contributed by atoms with Gasteiger partial charge in [-0.2, -0.15) is 0 Å². The molecule has 7 heteroatoms. The highest BCUT2D eigenvalue weighted by molar-refractivity contribution is 14.0. The Bertz CT molecular complexity index is 87.1. The van der Waals surface area contributed by atoms with Gasteiger partial charge in [-0.1, -0.05) is 0 Å². The number of ether oxygens (including phenoxy) is 3. The Morgan fingerprint density at radius 2 is 0.800 bits per heavy atom. The average molecular weight is 450 g/mol. The molecule has 96 valence electrons. The van der Waals surface area contributed by atoms with Crippen molar-refractivity contribution >= 4 is 48.0 Å². The smallest absolute Gasteiger partial charge is 0.0701 e. The summed E-state index contributed by atoms with van der Waals surface area (Å²) in [4.78, 5) is 0. The van der Waals surface area contributed by atoms with Crippen LogP contribution < -0.4 is 0 Å². The minimum absolute atomic E-state index is 0. The molecule has 0 amide bonds. The maximum Gasteiger partial charge on any atom is 0.0701 e. The molecule has 0 saturated heterocycles. The summed E-state index contributed by atoms with van der Waals surface area (Å²) in [7, 11) is 0. The van der Waals surface area contributed by atoms with Gasteiger partial charge in [0.1, 0.15) is 0 Å². The SMILES string of the molecule is I.I.OCCOCCOCCOCCO. The summed E-state index contributed by atoms with van der Waals surface area (Å²) in [6.45, 7) is 2.76. The fraction of sp³-hybridized carbons (Fsp3) is 1.00. The van der Waals surface area contributed by atoms with E-state index >= 15 is 0 Å². The van der Waals surface area contributed by atoms with Crippen molar-refractivity contribution in [3.8, 4) is 0 Å². The van der Waals surface area contributed by atoms with Gasteiger partial charge < -0.3 is 24.4 Å². The lowest BCUT2D eigenvalue weighted by Gasteiger charge is -2.04. The largest absolute Gasteiger partial charge is 0.394 e. The maximum absolute atomic E-state index is 8.36. The summed E-state index contributed by atoms with van der Waals surface area (Å²) in [5, 5.41) is 16.7. The van der Waals surface area contributed by atoms with Crippen LogP contribution in [0.5, 0.6) is 0 Å². The molecule has 0 atom stereocenters. The lowest BCUT2D eigenvalue weighted by molar-refractivity contribution is 0.00230. The van der Waals surface area contributed by atoms with Crippen LogP contribution in [0.4, 0.5) is 0 Å². The molecule has 0 unspecified atom stereocenters. The zero-order valence-electron chi connectivity index (χ0n) is 8.59. The van der Waals surface area contributed by atoms with Crippen LogP contribution in [0.1, 0.15) is 0 Å². The van der Waals surface area contributed by atoms with Gasteiger partial charge in [0, 0.05) is 0 Å². The fourth-order valence-electron chi connectivity index (χ4n) is 0.671. The second kappa shape index (κ2) is 20.6. The Morgan fingerprint density at radius 1 is 0.533 bits per heavy atom. The third-order valence-electron chi connectivity index (χ3n) is 1.22. The Morgan fingerprint density at radius 3 is 1.07 bits per heavy atom. The highest BCUT2D eigenvalue weighted by atomic mass is 127. The molecule has 0 bridgehead atoms. The van der Waals surface area contributed by atoms with Crippen molar-refractivity contribution in [2.24, 2.45) is 0 Å². The Balaban J connectivity index is -0.000000720. The van der Waals surface area contributed by atoms with Crippen LogP contribution >= 0.6 is 48.0 Å². The lowest BCUT2D eigenvalue weighted by Crippen LogP contribution is -2.11. The van der Waals surface area contributed by atoms with E-state index in [1.807, 2.05) is 0 Å². The van der Waals surface area contributed by atoms with Crippen LogP contribution in [0, 0.1) is 0 Å². The zero-order chi connectivity index (χ0) is 9.78. The molecule has 0 spiro atoms. The first kappa shape index (κ1) is 21.5. The minimum atomic E-state index is 0. The van der Waals surface area contributed by atoms with Gasteiger partial charge >= 0.3 is 0 Å². The first-order valence-corrected chi connectivity index (χ1v) is 4.36. The number of aliphatic hydroxyl groups is 2. The summed E-state index contributed by atoms with van der Waals surface area (Å²) < 4.78 is 15.0. The zero-order valence-corrected chi connectivity index (χ0v) is 13.3. The number of aliphatic hydroxyl groups excluding tert-OH is 2. The molecule has 0 aliphatic rings. The number of halogens is 2. The Labute approximate surface area is 125 Å². The average Bonchev–Trinajstić information content (AvgIpc) is 2.16. The summed E-state index contributed by atoms with van der Waals surface area (Å²) >= 11 is 0. The lowest BCUT2D eigenvalue weighted by atomic mass is 10.7. The third-order valence-corrected chi connectivity index (χ3v) is 1.22. The molecular weight excluding hydrogens is 430 g/mol. The quantitative estimate of drug-likeness (QED) is 0.370. The topological polar surface area (TPSA) is 68.2 Å². The maximum atomic E-state index is 8.36. The fourth-order valence-corrected chi connectivity index (χ4v) is 0.671. The van der Waals surface area contributed by atoms with E-state index in [0.29, 0.717) is 39.6 Å². The molecule has 2 N–H and O–H groups in total. The molecule has 0 aromatic rings. The summed E-state index contributed by atoms with van der Waals surface area (Å²) in [6, 6.07) is 0. The first-order chi connectivity index (χ1) is 6.41. The van der Waals surface area contributed by atoms with Crippen LogP contribution in [-0.4, -0.2) is 63.1 Å². The Kier molecular flexibility index (Phi) is 29.6. The van der Waals surface area contributed by atoms with Crippen molar-refractivity contribution in [2.45, 2.75) is 0 Å². The molecule has 5 nitrogen and oxygen atoms in total. The molecule has 15 heavy (non-hydrogen) atoms. The molecular formula is C8H20I2O5. The Hall–Kier alpha value is 1.26. The van der Waals surface area contributed by atoms with Crippen LogP contribution in [0.25, 0.3) is 0 Å². The van der Waals surface area contributed by atoms with Crippen LogP contribution in [0.15, 0.2) is 0 Å². The van der Waals surface area contributed by atoms with Gasteiger partial charge in [0.05, 0.1) is 52.9 Å². The van der Waals surface area contributed by atoms with E-state index in [2.05, 4.69) is 0 Å². The number of hydrogen-bond donors (Lipinski definition) is 2. The highest BCUT2D eigenvalue weighted by Crippen LogP contribution is 1.80. The van der Waals surface area contributed by atoms with Crippen molar-refractivity contribution < 1.29 is 24.4 Å². The van der Waals surface area contributed by atoms with E-state index in [4.69, 9.17) is 24.4 Å². The molecule has 0 saturated carbocycles. The molecule has 0 heterocycles. The van der Waals surface area contributed by atoms with Gasteiger partial charge in [0.2, 0.25) is 0 Å². The molecule has 0 rings (SSSR count). The number of rotatable bonds is 10. The van der Waals surface area contributed by atoms with Crippen LogP contribution in [-0.2, 0) is 14.2 Å². The molecule has 0 radical (unpaired) electrons. The highest BCUT2D eigenvalue weighted by Gasteiger charge is 1.89. The van der Waals surface area contributed by atoms with Crippen molar-refractivity contribution in [1.29, 1.82) is 0 Å². The standard InChI is InChI=1S/C8H18O5.2HI/c9-1-3-11-5-7-13-8-6-12-4-2-10;;/h9-10H,1-8H2;2*1H. The summed E-state index contributed by atoms with van der Waals surface area (Å²) in [6.07, 6.45) is 0. The van der Waals surface area contributed by atoms with Crippen LogP contribution in [0.2, 0.25) is 0 Å². The molecule has 0 aromatic heterocycles. The van der Waals surface area contributed by atoms with Gasteiger partial charge in [0.25, 0.3) is 0 Å². The summed E-state index contributed by atoms with van der Waals surface area (Å²) in [5.41, 5.74) is 0. The molecule has 0 aromatic carbocycles. The van der Waals surface area contributed by atoms with Crippen LogP contribution in [0.3, 0.4) is 0 Å². The van der Waals surface area contributed by atoms with Crippen molar-refractivity contribution in [2.75, 3.05) is 52.9 Å². The molecule has 0 fully saturated rings. The van der Waals surface area contributed by atoms with Gasteiger partial charge in [0.15, 0.2) is 0 Å². The molecule has 0 aliphatic heterocycles. The van der Waals surface area contributed by atoms with E-state index < -0.39 is 0 Å². The van der Waals surface area contributed by atoms with E-state index in [1.54, 1.807) is 0 Å². The molecule has 0 aliphatic carbocycles. The second-order valence-corrected chi connectivity index (χ2v) is 2.28. The van der Waals surface area contributed by atoms with E-state index in [0.717, 1.165) is 0 Å². The van der Waals surface area contributed by atoms with Crippen molar-refractivity contribution in [1.82, 2.24) is 0 Å². The summed E-state index contributed by atoms with van der Waals surface area (Å²) in [5.74, 6) is 0. The predicted octanol–water partition coefficient (Wildman–Crippen LogP) is 0.257. The normalized spacial score (nSPS) is 9.20. The van der Waals surface area contributed by atoms with E-state index in [9.17, 15) is 0 Å². The monoisotopic (exact) mass is 450 g/mol. The van der Waals surface area contributed by atoms with Gasteiger partial charge in [-0.25, -0.2) is 0 Å². The predicted molar refractivity (Wildman–Crippen MR) is 77.5 cm³/mol. The van der Waals surface area contributed by atoms with Gasteiger partial charge in [-0.3, -0.25) is 0 Å². The second-order valence-electron chi connectivity index (χ2n) is 2.28. The van der Waals surface area contributed by atoms with E-state index in [-0.39, 0.29) is 61.2 Å². The van der Waals surface area contributed by atoms with Gasteiger partial charge in [-0.15, -0.1) is 48.0 Å². The number of hydrogen-bond acceptors (Lipinski definition) is 5. The van der Waals surface area contributed by atoms with Gasteiger partial charge in [-0.05, 0) is 0 Å². The minimum Gasteiger partial charge on any atom is -0.394 e. The van der Waals surface area contributed by atoms with Crippen molar-refractivity contribution in [3.63, 3.8) is 0 Å². The third kappa shape index (κ3) is 21.2. The van der Waals surface area contributed by atoms with E-state index in [1.165, 1.54) is 0 Å². The first-order valence-electron chi connectivity index (χ1n) is 4.36. The van der Waals surface area contributed by atoms with Crippen molar-refractivity contribution in [3.05, 3.63) is 0 Å².